The van der Waals surface area contributed by atoms with Crippen LogP contribution in [0.2, 0.25) is 0 Å². The van der Waals surface area contributed by atoms with Crippen LogP contribution in [0.5, 0.6) is 0 Å². The van der Waals surface area contributed by atoms with Crippen molar-refractivity contribution in [1.29, 1.82) is 5.26 Å². The highest BCUT2D eigenvalue weighted by atomic mass is 32.1. The summed E-state index contributed by atoms with van der Waals surface area (Å²) in [6, 6.07) is 6.06. The van der Waals surface area contributed by atoms with Crippen molar-refractivity contribution in [2.24, 2.45) is 0 Å². The number of aryl methyl sites for hydroxylation is 1. The number of fused-ring (bicyclic) bond motifs is 1. The average molecular weight is 312 g/mol. The molecule has 0 atom stereocenters. The van der Waals surface area contributed by atoms with E-state index in [0.717, 1.165) is 35.5 Å². The van der Waals surface area contributed by atoms with Gasteiger partial charge in [0, 0.05) is 30.2 Å². The third-order valence-electron chi connectivity index (χ3n) is 3.66. The number of thiophene rings is 1. The molecule has 0 fully saturated rings. The van der Waals surface area contributed by atoms with Crippen molar-refractivity contribution in [3.8, 4) is 6.07 Å². The van der Waals surface area contributed by atoms with Crippen LogP contribution in [-0.4, -0.2) is 17.4 Å². The number of pyridine rings is 1. The third-order valence-corrected chi connectivity index (χ3v) is 4.80. The molecule has 0 saturated heterocycles. The lowest BCUT2D eigenvalue weighted by molar-refractivity contribution is -0.116. The first kappa shape index (κ1) is 14.7. The molecular weight excluding hydrogens is 296 g/mol. The lowest BCUT2D eigenvalue weighted by Gasteiger charge is -2.11. The monoisotopic (exact) mass is 312 g/mol. The molecule has 0 unspecified atom stereocenters. The maximum atomic E-state index is 12.1. The summed E-state index contributed by atoms with van der Waals surface area (Å²) < 4.78 is 0. The van der Waals surface area contributed by atoms with Crippen LogP contribution >= 0.6 is 11.3 Å². The summed E-state index contributed by atoms with van der Waals surface area (Å²) in [5.41, 5.74) is 2.76. The molecule has 22 heavy (non-hydrogen) atoms. The number of hydrogen-bond donors (Lipinski definition) is 2. The molecule has 0 spiro atoms. The van der Waals surface area contributed by atoms with Gasteiger partial charge in [0.15, 0.2) is 0 Å². The van der Waals surface area contributed by atoms with Gasteiger partial charge in [0.05, 0.1) is 5.56 Å². The fourth-order valence-electron chi connectivity index (χ4n) is 2.53. The summed E-state index contributed by atoms with van der Waals surface area (Å²) in [4.78, 5) is 17.3. The highest BCUT2D eigenvalue weighted by Gasteiger charge is 2.21. The van der Waals surface area contributed by atoms with E-state index in [1.54, 1.807) is 12.4 Å². The van der Waals surface area contributed by atoms with Crippen molar-refractivity contribution in [2.75, 3.05) is 11.9 Å². The van der Waals surface area contributed by atoms with Crippen molar-refractivity contribution < 1.29 is 4.79 Å². The van der Waals surface area contributed by atoms with E-state index in [2.05, 4.69) is 21.7 Å². The van der Waals surface area contributed by atoms with Crippen molar-refractivity contribution >= 4 is 22.2 Å². The van der Waals surface area contributed by atoms with Crippen LogP contribution in [0.15, 0.2) is 24.5 Å². The van der Waals surface area contributed by atoms with Gasteiger partial charge in [-0.3, -0.25) is 9.78 Å². The molecular formula is C16H16N4OS. The second-order valence-corrected chi connectivity index (χ2v) is 6.26. The first-order valence-electron chi connectivity index (χ1n) is 7.22. The van der Waals surface area contributed by atoms with Crippen LogP contribution in [0.4, 0.5) is 5.00 Å². The lowest BCUT2D eigenvalue weighted by Crippen LogP contribution is -2.22. The molecule has 0 bridgehead atoms. The number of carbonyl (C=O) groups excluding carboxylic acids is 1. The quantitative estimate of drug-likeness (QED) is 0.907. The summed E-state index contributed by atoms with van der Waals surface area (Å²) in [5, 5.41) is 16.2. The minimum atomic E-state index is -0.0630. The Morgan fingerprint density at radius 2 is 2.45 bits per heavy atom. The lowest BCUT2D eigenvalue weighted by atomic mass is 10.0. The Morgan fingerprint density at radius 1 is 1.55 bits per heavy atom. The van der Waals surface area contributed by atoms with E-state index >= 15 is 0 Å². The highest BCUT2D eigenvalue weighted by molar-refractivity contribution is 7.16. The SMILES string of the molecule is N#Cc1c(NC(=O)CCc2cccnc2)sc2c1CCNC2. The number of rotatable bonds is 4. The Bertz CT molecular complexity index is 718. The van der Waals surface area contributed by atoms with Crippen molar-refractivity contribution in [1.82, 2.24) is 10.3 Å². The standard InChI is InChI=1S/C16H16N4OS/c17-8-13-12-5-7-19-10-14(12)22-16(13)20-15(21)4-3-11-2-1-6-18-9-11/h1-2,6,9,19H,3-5,7,10H2,(H,20,21). The summed E-state index contributed by atoms with van der Waals surface area (Å²) in [7, 11) is 0. The minimum absolute atomic E-state index is 0.0630. The van der Waals surface area contributed by atoms with E-state index in [1.165, 1.54) is 11.3 Å². The molecule has 1 amide bonds. The molecule has 1 aliphatic rings. The number of carbonyl (C=O) groups is 1. The molecule has 2 N–H and O–H groups in total. The number of amides is 1. The second kappa shape index (κ2) is 6.69. The molecule has 5 nitrogen and oxygen atoms in total. The van der Waals surface area contributed by atoms with Gasteiger partial charge in [0.2, 0.25) is 5.91 Å². The fourth-order valence-corrected chi connectivity index (χ4v) is 3.72. The zero-order chi connectivity index (χ0) is 15.4. The fraction of sp³-hybridized carbons (Fsp3) is 0.312. The molecule has 1 aliphatic heterocycles. The van der Waals surface area contributed by atoms with Crippen LogP contribution in [0.1, 0.15) is 28.0 Å². The molecule has 3 heterocycles. The number of nitrogens with zero attached hydrogens (tertiary/aromatic N) is 2. The van der Waals surface area contributed by atoms with E-state index in [9.17, 15) is 10.1 Å². The van der Waals surface area contributed by atoms with Crippen LogP contribution < -0.4 is 10.6 Å². The Morgan fingerprint density at radius 3 is 3.23 bits per heavy atom. The maximum absolute atomic E-state index is 12.1. The van der Waals surface area contributed by atoms with Crippen LogP contribution in [0.3, 0.4) is 0 Å². The van der Waals surface area contributed by atoms with Gasteiger partial charge >= 0.3 is 0 Å². The first-order valence-corrected chi connectivity index (χ1v) is 8.03. The van der Waals surface area contributed by atoms with Crippen molar-refractivity contribution in [2.45, 2.75) is 25.8 Å². The van der Waals surface area contributed by atoms with Crippen LogP contribution in [0, 0.1) is 11.3 Å². The van der Waals surface area contributed by atoms with Crippen LogP contribution in [-0.2, 0) is 24.2 Å². The predicted molar refractivity (Wildman–Crippen MR) is 85.6 cm³/mol. The van der Waals surface area contributed by atoms with E-state index in [-0.39, 0.29) is 5.91 Å². The molecule has 0 aliphatic carbocycles. The van der Waals surface area contributed by atoms with Crippen molar-refractivity contribution in [3.63, 3.8) is 0 Å². The van der Waals surface area contributed by atoms with Gasteiger partial charge in [-0.25, -0.2) is 0 Å². The van der Waals surface area contributed by atoms with Crippen molar-refractivity contribution in [3.05, 3.63) is 46.1 Å². The number of nitriles is 1. The molecule has 2 aromatic heterocycles. The normalized spacial score (nSPS) is 13.2. The largest absolute Gasteiger partial charge is 0.317 e. The molecule has 3 rings (SSSR count). The average Bonchev–Trinajstić information content (AvgIpc) is 2.91. The molecule has 112 valence electrons. The Kier molecular flexibility index (Phi) is 4.47. The topological polar surface area (TPSA) is 77.8 Å². The summed E-state index contributed by atoms with van der Waals surface area (Å²) >= 11 is 1.51. The van der Waals surface area contributed by atoms with Gasteiger partial charge in [-0.2, -0.15) is 5.26 Å². The van der Waals surface area contributed by atoms with Gasteiger partial charge < -0.3 is 10.6 Å². The molecule has 0 radical (unpaired) electrons. The zero-order valence-electron chi connectivity index (χ0n) is 12.1. The van der Waals surface area contributed by atoms with E-state index in [1.807, 2.05) is 12.1 Å². The molecule has 0 saturated carbocycles. The first-order chi connectivity index (χ1) is 10.8. The number of hydrogen-bond acceptors (Lipinski definition) is 5. The Balaban J connectivity index is 1.67. The second-order valence-electron chi connectivity index (χ2n) is 5.16. The van der Waals surface area contributed by atoms with Gasteiger partial charge in [-0.1, -0.05) is 6.07 Å². The predicted octanol–water partition coefficient (Wildman–Crippen LogP) is 2.23. The number of aromatic nitrogens is 1. The number of anilines is 1. The molecule has 6 heteroatoms. The molecule has 0 aromatic carbocycles. The summed E-state index contributed by atoms with van der Waals surface area (Å²) in [6.07, 6.45) is 5.36. The van der Waals surface area contributed by atoms with E-state index in [0.29, 0.717) is 23.4 Å². The van der Waals surface area contributed by atoms with E-state index < -0.39 is 0 Å². The van der Waals surface area contributed by atoms with Gasteiger partial charge in [-0.15, -0.1) is 11.3 Å². The number of nitrogens with one attached hydrogen (secondary N) is 2. The zero-order valence-corrected chi connectivity index (χ0v) is 12.9. The van der Waals surface area contributed by atoms with Gasteiger partial charge in [0.25, 0.3) is 0 Å². The van der Waals surface area contributed by atoms with Gasteiger partial charge in [-0.05, 0) is 36.6 Å². The Labute approximate surface area is 133 Å². The molecule has 2 aromatic rings. The Hall–Kier alpha value is -2.23. The summed E-state index contributed by atoms with van der Waals surface area (Å²) in [6.45, 7) is 1.66. The highest BCUT2D eigenvalue weighted by Crippen LogP contribution is 2.34. The van der Waals surface area contributed by atoms with Gasteiger partial charge in [0.1, 0.15) is 11.1 Å². The minimum Gasteiger partial charge on any atom is -0.317 e. The smallest absolute Gasteiger partial charge is 0.225 e. The third kappa shape index (κ3) is 3.16. The summed E-state index contributed by atoms with van der Waals surface area (Å²) in [5.74, 6) is -0.0630. The van der Waals surface area contributed by atoms with Crippen LogP contribution in [0.25, 0.3) is 0 Å². The maximum Gasteiger partial charge on any atom is 0.225 e. The van der Waals surface area contributed by atoms with E-state index in [4.69, 9.17) is 0 Å².